The van der Waals surface area contributed by atoms with E-state index in [0.717, 1.165) is 0 Å². The van der Waals surface area contributed by atoms with Gasteiger partial charge in [-0.1, -0.05) is 30.3 Å². The molecular weight excluding hydrogens is 388 g/mol. The first-order valence-electron chi connectivity index (χ1n) is 8.92. The molecule has 0 aliphatic heterocycles. The van der Waals surface area contributed by atoms with E-state index in [1.54, 1.807) is 36.4 Å². The van der Waals surface area contributed by atoms with Crippen molar-refractivity contribution in [1.29, 1.82) is 0 Å². The highest BCUT2D eigenvalue weighted by molar-refractivity contribution is 6.11. The second-order valence-corrected chi connectivity index (χ2v) is 6.30. The maximum absolute atomic E-state index is 12.5. The van der Waals surface area contributed by atoms with Gasteiger partial charge >= 0.3 is 5.97 Å². The number of hydrogen-bond acceptors (Lipinski definition) is 6. The molecule has 0 fully saturated rings. The number of carbonyl (C=O) groups is 3. The lowest BCUT2D eigenvalue weighted by Crippen LogP contribution is -2.30. The first-order valence-corrected chi connectivity index (χ1v) is 8.92. The number of carbonyl (C=O) groups excluding carboxylic acids is 3. The van der Waals surface area contributed by atoms with Crippen LogP contribution in [0.2, 0.25) is 0 Å². The average molecular weight is 406 g/mol. The summed E-state index contributed by atoms with van der Waals surface area (Å²) in [6, 6.07) is 12.9. The quantitative estimate of drug-likeness (QED) is 0.327. The van der Waals surface area contributed by atoms with Crippen molar-refractivity contribution >= 4 is 34.6 Å². The van der Waals surface area contributed by atoms with Crippen molar-refractivity contribution in [2.75, 3.05) is 13.7 Å². The van der Waals surface area contributed by atoms with E-state index in [0.29, 0.717) is 22.0 Å². The van der Waals surface area contributed by atoms with Crippen LogP contribution in [0.4, 0.5) is 0 Å². The van der Waals surface area contributed by atoms with Crippen LogP contribution in [0.25, 0.3) is 17.0 Å². The second-order valence-electron chi connectivity index (χ2n) is 6.30. The van der Waals surface area contributed by atoms with E-state index in [2.05, 4.69) is 15.0 Å². The molecule has 152 valence electrons. The molecule has 0 aliphatic rings. The Morgan fingerprint density at radius 1 is 1.10 bits per heavy atom. The van der Waals surface area contributed by atoms with Crippen molar-refractivity contribution in [1.82, 2.24) is 10.3 Å². The van der Waals surface area contributed by atoms with E-state index in [1.807, 2.05) is 0 Å². The predicted molar refractivity (Wildman–Crippen MR) is 110 cm³/mol. The van der Waals surface area contributed by atoms with Crippen LogP contribution in [-0.4, -0.2) is 41.4 Å². The molecule has 0 bridgehead atoms. The standard InChI is InChI=1S/C22H18N2O6/c1-30-18(26)12-23-21(28)14-9-6-13(7-10-14)8-11-17(25)19-20(27)15-4-2-3-5-16(15)24-22(19)29/h2-11H,12H2,1H3,(H,23,28)(H2,24,27,29)/b11-8+. The van der Waals surface area contributed by atoms with Gasteiger partial charge in [-0.05, 0) is 35.9 Å². The van der Waals surface area contributed by atoms with Gasteiger partial charge in [0.2, 0.25) is 0 Å². The molecule has 2 aromatic carbocycles. The maximum atomic E-state index is 12.5. The minimum Gasteiger partial charge on any atom is -0.506 e. The van der Waals surface area contributed by atoms with Crippen molar-refractivity contribution < 1.29 is 24.2 Å². The monoisotopic (exact) mass is 406 g/mol. The number of allylic oxidation sites excluding steroid dienone is 1. The fourth-order valence-corrected chi connectivity index (χ4v) is 2.78. The number of ether oxygens (including phenoxy) is 1. The average Bonchev–Trinajstić information content (AvgIpc) is 2.76. The Labute approximate surface area is 170 Å². The molecule has 3 aromatic rings. The summed E-state index contributed by atoms with van der Waals surface area (Å²) in [6.45, 7) is -0.241. The molecule has 8 heteroatoms. The Bertz CT molecular complexity index is 1210. The molecule has 8 nitrogen and oxygen atoms in total. The number of esters is 1. The highest BCUT2D eigenvalue weighted by atomic mass is 16.5. The van der Waals surface area contributed by atoms with Crippen molar-refractivity contribution in [2.24, 2.45) is 0 Å². The molecule has 0 unspecified atom stereocenters. The number of para-hydroxylation sites is 1. The minimum atomic E-state index is -0.682. The van der Waals surface area contributed by atoms with Crippen molar-refractivity contribution in [3.63, 3.8) is 0 Å². The molecular formula is C22H18N2O6. The lowest BCUT2D eigenvalue weighted by Gasteiger charge is -2.05. The molecule has 1 heterocycles. The summed E-state index contributed by atoms with van der Waals surface area (Å²) in [5.74, 6) is -2.03. The van der Waals surface area contributed by atoms with Crippen LogP contribution < -0.4 is 10.9 Å². The fraction of sp³-hybridized carbons (Fsp3) is 0.0909. The molecule has 1 aromatic heterocycles. The third kappa shape index (κ3) is 4.44. The van der Waals surface area contributed by atoms with Gasteiger partial charge in [0.15, 0.2) is 5.78 Å². The number of H-pyrrole nitrogens is 1. The number of aromatic nitrogens is 1. The number of aromatic hydroxyl groups is 1. The van der Waals surface area contributed by atoms with Gasteiger partial charge in [0.05, 0.1) is 12.6 Å². The predicted octanol–water partition coefficient (Wildman–Crippen LogP) is 2.03. The summed E-state index contributed by atoms with van der Waals surface area (Å²) in [5.41, 5.74) is 0.333. The van der Waals surface area contributed by atoms with Crippen LogP contribution >= 0.6 is 0 Å². The van der Waals surface area contributed by atoms with Crippen molar-refractivity contribution in [3.8, 4) is 5.75 Å². The summed E-state index contributed by atoms with van der Waals surface area (Å²) in [4.78, 5) is 50.3. The first-order chi connectivity index (χ1) is 14.4. The lowest BCUT2D eigenvalue weighted by molar-refractivity contribution is -0.139. The van der Waals surface area contributed by atoms with Gasteiger partial charge in [-0.25, -0.2) is 0 Å². The number of methoxy groups -OCH3 is 1. The molecule has 0 spiro atoms. The summed E-state index contributed by atoms with van der Waals surface area (Å²) < 4.78 is 4.45. The zero-order valence-electron chi connectivity index (χ0n) is 16.0. The second kappa shape index (κ2) is 8.87. The topological polar surface area (TPSA) is 126 Å². The molecule has 1 amide bonds. The normalized spacial score (nSPS) is 10.8. The van der Waals surface area contributed by atoms with Crippen molar-refractivity contribution in [2.45, 2.75) is 0 Å². The van der Waals surface area contributed by atoms with Gasteiger partial charge in [-0.15, -0.1) is 0 Å². The molecule has 0 saturated carbocycles. The number of amides is 1. The molecule has 30 heavy (non-hydrogen) atoms. The van der Waals surface area contributed by atoms with E-state index in [9.17, 15) is 24.3 Å². The largest absolute Gasteiger partial charge is 0.506 e. The zero-order chi connectivity index (χ0) is 21.7. The molecule has 0 aliphatic carbocycles. The minimum absolute atomic E-state index is 0.241. The SMILES string of the molecule is COC(=O)CNC(=O)c1ccc(/C=C/C(=O)c2c(O)c3ccccc3[nH]c2=O)cc1. The Balaban J connectivity index is 1.76. The Morgan fingerprint density at radius 3 is 2.50 bits per heavy atom. The Morgan fingerprint density at radius 2 is 1.80 bits per heavy atom. The fourth-order valence-electron chi connectivity index (χ4n) is 2.78. The van der Waals surface area contributed by atoms with Crippen LogP contribution in [0.3, 0.4) is 0 Å². The van der Waals surface area contributed by atoms with Crippen LogP contribution in [0.15, 0.2) is 59.4 Å². The zero-order valence-corrected chi connectivity index (χ0v) is 16.0. The maximum Gasteiger partial charge on any atom is 0.325 e. The number of nitrogens with one attached hydrogen (secondary N) is 2. The van der Waals surface area contributed by atoms with E-state index in [-0.39, 0.29) is 17.9 Å². The van der Waals surface area contributed by atoms with Crippen molar-refractivity contribution in [3.05, 3.63) is 81.7 Å². The number of fused-ring (bicyclic) bond motifs is 1. The van der Waals surface area contributed by atoms with E-state index in [1.165, 1.54) is 31.4 Å². The van der Waals surface area contributed by atoms with Gasteiger partial charge in [-0.3, -0.25) is 19.2 Å². The van der Waals surface area contributed by atoms with Crippen LogP contribution in [0.1, 0.15) is 26.3 Å². The van der Waals surface area contributed by atoms with Gasteiger partial charge in [0.1, 0.15) is 17.9 Å². The molecule has 0 radical (unpaired) electrons. The van der Waals surface area contributed by atoms with Crippen LogP contribution in [-0.2, 0) is 9.53 Å². The van der Waals surface area contributed by atoms with Gasteiger partial charge in [-0.2, -0.15) is 0 Å². The van der Waals surface area contributed by atoms with Gasteiger partial charge in [0.25, 0.3) is 11.5 Å². The smallest absolute Gasteiger partial charge is 0.325 e. The molecule has 0 saturated heterocycles. The van der Waals surface area contributed by atoms with E-state index < -0.39 is 23.2 Å². The first kappa shape index (κ1) is 20.5. The third-order valence-electron chi connectivity index (χ3n) is 4.36. The van der Waals surface area contributed by atoms with Crippen LogP contribution in [0.5, 0.6) is 5.75 Å². The van der Waals surface area contributed by atoms with E-state index in [4.69, 9.17) is 0 Å². The number of hydrogen-bond donors (Lipinski definition) is 3. The lowest BCUT2D eigenvalue weighted by atomic mass is 10.1. The number of benzene rings is 2. The molecule has 3 rings (SSSR count). The number of rotatable bonds is 6. The van der Waals surface area contributed by atoms with Crippen LogP contribution in [0, 0.1) is 0 Å². The van der Waals surface area contributed by atoms with E-state index >= 15 is 0 Å². The summed E-state index contributed by atoms with van der Waals surface area (Å²) in [6.07, 6.45) is 2.64. The Kier molecular flexibility index (Phi) is 6.07. The highest BCUT2D eigenvalue weighted by Crippen LogP contribution is 2.25. The number of pyridine rings is 1. The molecule has 0 atom stereocenters. The van der Waals surface area contributed by atoms with Gasteiger partial charge < -0.3 is 20.1 Å². The van der Waals surface area contributed by atoms with Gasteiger partial charge in [0, 0.05) is 10.9 Å². The Hall–Kier alpha value is -4.20. The molecule has 3 N–H and O–H groups in total. The summed E-state index contributed by atoms with van der Waals surface area (Å²) in [5, 5.41) is 13.1. The summed E-state index contributed by atoms with van der Waals surface area (Å²) >= 11 is 0. The summed E-state index contributed by atoms with van der Waals surface area (Å²) in [7, 11) is 1.22. The number of ketones is 1. The highest BCUT2D eigenvalue weighted by Gasteiger charge is 2.17. The third-order valence-corrected chi connectivity index (χ3v) is 4.36. The number of aromatic amines is 1.